The molecule has 86 valence electrons. The Morgan fingerprint density at radius 2 is 1.86 bits per heavy atom. The number of alkyl halides is 2. The normalized spacial score (nSPS) is 20.1. The second-order valence-electron chi connectivity index (χ2n) is 2.87. The predicted octanol–water partition coefficient (Wildman–Crippen LogP) is 0.216. The number of hydrogen-bond acceptors (Lipinski definition) is 4. The summed E-state index contributed by atoms with van der Waals surface area (Å²) in [6.45, 7) is -0.161. The van der Waals surface area contributed by atoms with Gasteiger partial charge in [0, 0.05) is 14.2 Å². The van der Waals surface area contributed by atoms with Crippen LogP contribution in [0.4, 0.5) is 0 Å². The van der Waals surface area contributed by atoms with Crippen LogP contribution in [-0.2, 0) is 9.47 Å². The van der Waals surface area contributed by atoms with E-state index >= 15 is 0 Å². The van der Waals surface area contributed by atoms with E-state index in [0.29, 0.717) is 0 Å². The monoisotopic (exact) mass is 246 g/mol. The van der Waals surface area contributed by atoms with Gasteiger partial charge in [0.1, 0.15) is 0 Å². The Bertz CT molecular complexity index is 147. The highest BCUT2D eigenvalue weighted by Crippen LogP contribution is 2.18. The predicted molar refractivity (Wildman–Crippen MR) is 55.0 cm³/mol. The summed E-state index contributed by atoms with van der Waals surface area (Å²) in [6, 6.07) is 0. The molecule has 4 atom stereocenters. The first-order chi connectivity index (χ1) is 6.58. The van der Waals surface area contributed by atoms with Gasteiger partial charge < -0.3 is 19.7 Å². The van der Waals surface area contributed by atoms with Crippen LogP contribution in [0.1, 0.15) is 0 Å². The fraction of sp³-hybridized carbons (Fsp3) is 1.00. The lowest BCUT2D eigenvalue weighted by atomic mass is 10.1. The van der Waals surface area contributed by atoms with Crippen LogP contribution >= 0.6 is 23.2 Å². The lowest BCUT2D eigenvalue weighted by Gasteiger charge is -2.27. The first-order valence-corrected chi connectivity index (χ1v) is 5.04. The van der Waals surface area contributed by atoms with E-state index in [4.69, 9.17) is 37.8 Å². The second-order valence-corrected chi connectivity index (χ2v) is 3.93. The largest absolute Gasteiger partial charge is 0.395 e. The minimum Gasteiger partial charge on any atom is -0.395 e. The third kappa shape index (κ3) is 4.29. The van der Waals surface area contributed by atoms with Crippen molar-refractivity contribution in [1.82, 2.24) is 0 Å². The van der Waals surface area contributed by atoms with Gasteiger partial charge in [-0.05, 0) is 0 Å². The van der Waals surface area contributed by atoms with Crippen LogP contribution in [0.15, 0.2) is 0 Å². The summed E-state index contributed by atoms with van der Waals surface area (Å²) in [5, 5.41) is 16.9. The van der Waals surface area contributed by atoms with E-state index < -0.39 is 23.0 Å². The summed E-state index contributed by atoms with van der Waals surface area (Å²) in [5.74, 6) is 0. The Balaban J connectivity index is 4.21. The molecule has 0 saturated carbocycles. The molecule has 0 amide bonds. The van der Waals surface area contributed by atoms with Crippen LogP contribution in [0.5, 0.6) is 0 Å². The molecular weight excluding hydrogens is 231 g/mol. The molecule has 6 heteroatoms. The Hall–Kier alpha value is 0.420. The molecule has 4 unspecified atom stereocenters. The summed E-state index contributed by atoms with van der Waals surface area (Å²) >= 11 is 11.7. The Morgan fingerprint density at radius 1 is 1.29 bits per heavy atom. The number of rotatable bonds is 7. The number of hydrogen-bond donors (Lipinski definition) is 2. The standard InChI is InChI=1S/C8H16Cl2O4/c1-13-4-6(12)7(10)8(14-2)5(9)3-11/h5-8,11-12H,3-4H2,1-2H3. The van der Waals surface area contributed by atoms with Gasteiger partial charge in [-0.2, -0.15) is 0 Å². The van der Waals surface area contributed by atoms with Crippen molar-refractivity contribution in [3.8, 4) is 0 Å². The molecule has 0 aromatic carbocycles. The van der Waals surface area contributed by atoms with Crippen LogP contribution in [0.25, 0.3) is 0 Å². The van der Waals surface area contributed by atoms with E-state index in [1.807, 2.05) is 0 Å². The molecule has 0 aromatic heterocycles. The number of aliphatic hydroxyl groups excluding tert-OH is 2. The molecule has 0 aliphatic rings. The van der Waals surface area contributed by atoms with E-state index in [1.54, 1.807) is 0 Å². The van der Waals surface area contributed by atoms with Crippen molar-refractivity contribution in [2.24, 2.45) is 0 Å². The van der Waals surface area contributed by atoms with Crippen LogP contribution in [0.2, 0.25) is 0 Å². The highest BCUT2D eigenvalue weighted by Gasteiger charge is 2.31. The third-order valence-electron chi connectivity index (χ3n) is 1.82. The molecule has 4 nitrogen and oxygen atoms in total. The molecule has 0 spiro atoms. The van der Waals surface area contributed by atoms with Crippen molar-refractivity contribution in [2.75, 3.05) is 27.4 Å². The van der Waals surface area contributed by atoms with Gasteiger partial charge in [-0.3, -0.25) is 0 Å². The third-order valence-corrected chi connectivity index (χ3v) is 2.75. The maximum Gasteiger partial charge on any atom is 0.0962 e. The first-order valence-electron chi connectivity index (χ1n) is 4.17. The average molecular weight is 247 g/mol. The maximum atomic E-state index is 9.49. The Kier molecular flexibility index (Phi) is 7.91. The van der Waals surface area contributed by atoms with Gasteiger partial charge in [0.25, 0.3) is 0 Å². The van der Waals surface area contributed by atoms with E-state index in [9.17, 15) is 5.11 Å². The summed E-state index contributed by atoms with van der Waals surface area (Å²) in [5.41, 5.74) is 0. The van der Waals surface area contributed by atoms with Crippen LogP contribution in [-0.4, -0.2) is 60.6 Å². The molecule has 0 saturated heterocycles. The van der Waals surface area contributed by atoms with E-state index in [0.717, 1.165) is 0 Å². The fourth-order valence-electron chi connectivity index (χ4n) is 1.06. The molecule has 0 heterocycles. The topological polar surface area (TPSA) is 58.9 Å². The SMILES string of the molecule is COCC(O)C(Cl)C(OC)C(Cl)CO. The van der Waals surface area contributed by atoms with Crippen LogP contribution in [0, 0.1) is 0 Å². The lowest BCUT2D eigenvalue weighted by molar-refractivity contribution is 0.00618. The highest BCUT2D eigenvalue weighted by atomic mass is 35.5. The van der Waals surface area contributed by atoms with Gasteiger partial charge in [0.05, 0.1) is 36.2 Å². The number of aliphatic hydroxyl groups is 2. The van der Waals surface area contributed by atoms with Crippen molar-refractivity contribution < 1.29 is 19.7 Å². The zero-order valence-electron chi connectivity index (χ0n) is 8.19. The van der Waals surface area contributed by atoms with E-state index in [1.165, 1.54) is 14.2 Å². The van der Waals surface area contributed by atoms with E-state index in [-0.39, 0.29) is 13.2 Å². The molecule has 2 N–H and O–H groups in total. The average Bonchev–Trinajstić information content (AvgIpc) is 2.18. The molecule has 0 aliphatic heterocycles. The van der Waals surface area contributed by atoms with Gasteiger partial charge in [-0.25, -0.2) is 0 Å². The lowest BCUT2D eigenvalue weighted by Crippen LogP contribution is -2.43. The highest BCUT2D eigenvalue weighted by molar-refractivity contribution is 6.24. The van der Waals surface area contributed by atoms with Gasteiger partial charge in [0.2, 0.25) is 0 Å². The molecular formula is C8H16Cl2O4. The van der Waals surface area contributed by atoms with Crippen LogP contribution < -0.4 is 0 Å². The van der Waals surface area contributed by atoms with Crippen molar-refractivity contribution in [3.05, 3.63) is 0 Å². The molecule has 0 rings (SSSR count). The maximum absolute atomic E-state index is 9.49. The Labute approximate surface area is 93.7 Å². The number of methoxy groups -OCH3 is 2. The first kappa shape index (κ1) is 14.4. The summed E-state index contributed by atoms with van der Waals surface area (Å²) < 4.78 is 9.73. The minimum atomic E-state index is -0.876. The van der Waals surface area contributed by atoms with Crippen LogP contribution in [0.3, 0.4) is 0 Å². The quantitative estimate of drug-likeness (QED) is 0.632. The van der Waals surface area contributed by atoms with E-state index in [2.05, 4.69) is 0 Å². The van der Waals surface area contributed by atoms with Crippen molar-refractivity contribution in [1.29, 1.82) is 0 Å². The fourth-order valence-corrected chi connectivity index (χ4v) is 1.75. The molecule has 0 aliphatic carbocycles. The zero-order chi connectivity index (χ0) is 11.1. The molecule has 0 radical (unpaired) electrons. The molecule has 0 bridgehead atoms. The zero-order valence-corrected chi connectivity index (χ0v) is 9.70. The summed E-state index contributed by atoms with van der Waals surface area (Å²) in [7, 11) is 2.88. The van der Waals surface area contributed by atoms with Crippen molar-refractivity contribution >= 4 is 23.2 Å². The van der Waals surface area contributed by atoms with Gasteiger partial charge in [-0.1, -0.05) is 0 Å². The smallest absolute Gasteiger partial charge is 0.0962 e. The molecule has 14 heavy (non-hydrogen) atoms. The second kappa shape index (κ2) is 7.68. The Morgan fingerprint density at radius 3 is 2.21 bits per heavy atom. The van der Waals surface area contributed by atoms with Gasteiger partial charge >= 0.3 is 0 Å². The summed E-state index contributed by atoms with van der Waals surface area (Å²) in [4.78, 5) is 0. The van der Waals surface area contributed by atoms with Gasteiger partial charge in [-0.15, -0.1) is 23.2 Å². The summed E-state index contributed by atoms with van der Waals surface area (Å²) in [6.07, 6.45) is -1.49. The van der Waals surface area contributed by atoms with Crippen molar-refractivity contribution in [3.63, 3.8) is 0 Å². The minimum absolute atomic E-state index is 0.100. The molecule has 0 fully saturated rings. The number of ether oxygens (including phenoxy) is 2. The molecule has 0 aromatic rings. The van der Waals surface area contributed by atoms with Gasteiger partial charge in [0.15, 0.2) is 0 Å². The van der Waals surface area contributed by atoms with Crippen molar-refractivity contribution in [2.45, 2.75) is 23.0 Å². The number of halogens is 2.